The number of benzene rings is 2. The molecule has 0 spiro atoms. The van der Waals surface area contributed by atoms with Gasteiger partial charge in [0, 0.05) is 16.0 Å². The summed E-state index contributed by atoms with van der Waals surface area (Å²) in [6.07, 6.45) is 2.05. The molecule has 0 atom stereocenters. The van der Waals surface area contributed by atoms with Gasteiger partial charge in [-0.1, -0.05) is 24.3 Å². The maximum Gasteiger partial charge on any atom is 0.123 e. The molecule has 0 aliphatic heterocycles. The van der Waals surface area contributed by atoms with E-state index in [-0.39, 0.29) is 5.82 Å². The van der Waals surface area contributed by atoms with Gasteiger partial charge in [0.2, 0.25) is 0 Å². The van der Waals surface area contributed by atoms with Crippen LogP contribution in [-0.4, -0.2) is 11.2 Å². The van der Waals surface area contributed by atoms with E-state index in [4.69, 9.17) is 4.98 Å². The third-order valence-corrected chi connectivity index (χ3v) is 4.30. The summed E-state index contributed by atoms with van der Waals surface area (Å²) in [4.78, 5) is 5.92. The average Bonchev–Trinajstić information content (AvgIpc) is 2.55. The van der Waals surface area contributed by atoms with E-state index in [0.717, 1.165) is 27.4 Å². The smallest absolute Gasteiger partial charge is 0.123 e. The van der Waals surface area contributed by atoms with E-state index in [1.54, 1.807) is 23.9 Å². The van der Waals surface area contributed by atoms with Crippen molar-refractivity contribution < 1.29 is 4.39 Å². The Balaban J connectivity index is 2.15. The minimum absolute atomic E-state index is 0.233. The van der Waals surface area contributed by atoms with Gasteiger partial charge in [-0.15, -0.1) is 11.8 Å². The van der Waals surface area contributed by atoms with Crippen LogP contribution in [0.15, 0.2) is 65.6 Å². The van der Waals surface area contributed by atoms with Crippen LogP contribution in [-0.2, 0) is 0 Å². The van der Waals surface area contributed by atoms with E-state index in [2.05, 4.69) is 25.1 Å². The van der Waals surface area contributed by atoms with Crippen molar-refractivity contribution >= 4 is 11.8 Å². The molecule has 0 N–H and O–H groups in total. The number of halogens is 1. The second-order valence-electron chi connectivity index (χ2n) is 5.10. The molecule has 0 saturated carbocycles. The Morgan fingerprint density at radius 2 is 1.59 bits per heavy atom. The summed E-state index contributed by atoms with van der Waals surface area (Å²) < 4.78 is 13.1. The van der Waals surface area contributed by atoms with Crippen LogP contribution in [0.4, 0.5) is 4.39 Å². The summed E-state index contributed by atoms with van der Waals surface area (Å²) in [7, 11) is 0. The molecule has 0 fully saturated rings. The number of aryl methyl sites for hydroxylation is 1. The van der Waals surface area contributed by atoms with Gasteiger partial charge < -0.3 is 0 Å². The van der Waals surface area contributed by atoms with Crippen molar-refractivity contribution in [3.8, 4) is 22.5 Å². The first-order valence-electron chi connectivity index (χ1n) is 7.05. The quantitative estimate of drug-likeness (QED) is 0.585. The highest BCUT2D eigenvalue weighted by Crippen LogP contribution is 2.30. The maximum absolute atomic E-state index is 13.1. The van der Waals surface area contributed by atoms with Crippen molar-refractivity contribution in [2.45, 2.75) is 11.8 Å². The minimum Gasteiger partial charge on any atom is -0.248 e. The number of rotatable bonds is 3. The molecule has 0 amide bonds. The zero-order valence-electron chi connectivity index (χ0n) is 12.5. The van der Waals surface area contributed by atoms with Gasteiger partial charge in [0.05, 0.1) is 11.4 Å². The first-order chi connectivity index (χ1) is 10.7. The molecule has 0 aliphatic carbocycles. The molecule has 0 aliphatic rings. The van der Waals surface area contributed by atoms with Crippen LogP contribution in [0.3, 0.4) is 0 Å². The normalized spacial score (nSPS) is 10.7. The number of aromatic nitrogens is 1. The van der Waals surface area contributed by atoms with Gasteiger partial charge in [-0.25, -0.2) is 9.37 Å². The van der Waals surface area contributed by atoms with E-state index >= 15 is 0 Å². The summed E-state index contributed by atoms with van der Waals surface area (Å²) in [6.45, 7) is 2.08. The van der Waals surface area contributed by atoms with Crippen LogP contribution in [0.2, 0.25) is 0 Å². The molecule has 0 saturated heterocycles. The van der Waals surface area contributed by atoms with E-state index in [1.165, 1.54) is 17.7 Å². The van der Waals surface area contributed by atoms with Gasteiger partial charge >= 0.3 is 0 Å². The number of nitrogens with zero attached hydrogens (tertiary/aromatic N) is 1. The van der Waals surface area contributed by atoms with Gasteiger partial charge in [0.25, 0.3) is 0 Å². The van der Waals surface area contributed by atoms with E-state index in [1.807, 2.05) is 24.5 Å². The Labute approximate surface area is 134 Å². The highest BCUT2D eigenvalue weighted by molar-refractivity contribution is 7.98. The summed E-state index contributed by atoms with van der Waals surface area (Å²) in [5.74, 6) is -0.233. The Kier molecular flexibility index (Phi) is 4.25. The summed E-state index contributed by atoms with van der Waals surface area (Å²) in [6, 6.07) is 18.8. The largest absolute Gasteiger partial charge is 0.248 e. The van der Waals surface area contributed by atoms with Gasteiger partial charge in [0.1, 0.15) is 5.82 Å². The van der Waals surface area contributed by atoms with Crippen molar-refractivity contribution in [3.63, 3.8) is 0 Å². The molecular formula is C19H16FNS. The monoisotopic (exact) mass is 309 g/mol. The van der Waals surface area contributed by atoms with Gasteiger partial charge in [-0.3, -0.25) is 0 Å². The van der Waals surface area contributed by atoms with E-state index in [0.29, 0.717) is 0 Å². The van der Waals surface area contributed by atoms with Gasteiger partial charge in [0.15, 0.2) is 0 Å². The topological polar surface area (TPSA) is 12.9 Å². The molecule has 1 heterocycles. The number of thioether (sulfide) groups is 1. The van der Waals surface area contributed by atoms with Gasteiger partial charge in [-0.2, -0.15) is 0 Å². The summed E-state index contributed by atoms with van der Waals surface area (Å²) >= 11 is 1.68. The molecule has 1 aromatic heterocycles. The Bertz CT molecular complexity index is 797. The minimum atomic E-state index is -0.233. The molecule has 22 heavy (non-hydrogen) atoms. The third-order valence-electron chi connectivity index (χ3n) is 3.60. The van der Waals surface area contributed by atoms with E-state index < -0.39 is 0 Å². The van der Waals surface area contributed by atoms with Crippen LogP contribution in [0.25, 0.3) is 22.5 Å². The second-order valence-corrected chi connectivity index (χ2v) is 5.98. The predicted octanol–water partition coefficient (Wildman–Crippen LogP) is 5.59. The number of pyridine rings is 1. The lowest BCUT2D eigenvalue weighted by Crippen LogP contribution is -1.92. The van der Waals surface area contributed by atoms with Crippen LogP contribution >= 0.6 is 11.8 Å². The summed E-state index contributed by atoms with van der Waals surface area (Å²) in [5.41, 5.74) is 5.06. The van der Waals surface area contributed by atoms with E-state index in [9.17, 15) is 4.39 Å². The van der Waals surface area contributed by atoms with Crippen LogP contribution in [0.5, 0.6) is 0 Å². The Hall–Kier alpha value is -2.13. The third kappa shape index (κ3) is 3.04. The van der Waals surface area contributed by atoms with Crippen molar-refractivity contribution in [3.05, 3.63) is 72.0 Å². The molecular weight excluding hydrogens is 293 g/mol. The van der Waals surface area contributed by atoms with Crippen molar-refractivity contribution in [1.29, 1.82) is 0 Å². The Morgan fingerprint density at radius 3 is 2.27 bits per heavy atom. The van der Waals surface area contributed by atoms with Crippen LogP contribution in [0, 0.1) is 12.7 Å². The van der Waals surface area contributed by atoms with Crippen LogP contribution < -0.4 is 0 Å². The zero-order valence-corrected chi connectivity index (χ0v) is 13.3. The molecule has 3 aromatic rings. The maximum atomic E-state index is 13.1. The fourth-order valence-electron chi connectivity index (χ4n) is 2.39. The fraction of sp³-hybridized carbons (Fsp3) is 0.105. The van der Waals surface area contributed by atoms with Crippen molar-refractivity contribution in [1.82, 2.24) is 4.98 Å². The Morgan fingerprint density at radius 1 is 0.909 bits per heavy atom. The van der Waals surface area contributed by atoms with Gasteiger partial charge in [-0.05, 0) is 55.1 Å². The fourth-order valence-corrected chi connectivity index (χ4v) is 2.85. The second kappa shape index (κ2) is 6.32. The summed E-state index contributed by atoms with van der Waals surface area (Å²) in [5, 5.41) is 0. The SMILES string of the molecule is CSc1cc(-c2ccc(F)cc2)nc(-c2ccccc2C)c1. The number of hydrogen-bond acceptors (Lipinski definition) is 2. The zero-order chi connectivity index (χ0) is 15.5. The molecule has 0 bridgehead atoms. The lowest BCUT2D eigenvalue weighted by molar-refractivity contribution is 0.628. The average molecular weight is 309 g/mol. The van der Waals surface area contributed by atoms with Crippen molar-refractivity contribution in [2.24, 2.45) is 0 Å². The molecule has 0 unspecified atom stereocenters. The first-order valence-corrected chi connectivity index (χ1v) is 8.28. The lowest BCUT2D eigenvalue weighted by Gasteiger charge is -2.10. The molecule has 3 rings (SSSR count). The molecule has 3 heteroatoms. The lowest BCUT2D eigenvalue weighted by atomic mass is 10.0. The standard InChI is InChI=1S/C19H16FNS/c1-13-5-3-4-6-17(13)19-12-16(22-2)11-18(21-19)14-7-9-15(20)10-8-14/h3-12H,1-2H3. The number of hydrogen-bond donors (Lipinski definition) is 0. The predicted molar refractivity (Wildman–Crippen MR) is 91.6 cm³/mol. The molecule has 110 valence electrons. The molecule has 1 nitrogen and oxygen atoms in total. The molecule has 0 radical (unpaired) electrons. The highest BCUT2D eigenvalue weighted by atomic mass is 32.2. The molecule has 2 aromatic carbocycles. The van der Waals surface area contributed by atoms with Crippen molar-refractivity contribution in [2.75, 3.05) is 6.26 Å². The highest BCUT2D eigenvalue weighted by Gasteiger charge is 2.08. The first kappa shape index (κ1) is 14.8. The van der Waals surface area contributed by atoms with Crippen LogP contribution in [0.1, 0.15) is 5.56 Å².